The van der Waals surface area contributed by atoms with E-state index in [9.17, 15) is 14.9 Å². The Bertz CT molecular complexity index is 578. The molecule has 1 aromatic rings. The van der Waals surface area contributed by atoms with E-state index in [0.29, 0.717) is 23.9 Å². The maximum Gasteiger partial charge on any atom is 0.272 e. The summed E-state index contributed by atoms with van der Waals surface area (Å²) in [5.41, 5.74) is 1.70. The van der Waals surface area contributed by atoms with Crippen molar-refractivity contribution in [3.05, 3.63) is 33.9 Å². The molecule has 23 heavy (non-hydrogen) atoms. The SMILES string of the molecule is Cc1cc(NC2CCN(C(=O)CC(C)C)CC2)ccc1[N+](=O)[O-]. The zero-order chi connectivity index (χ0) is 17.0. The van der Waals surface area contributed by atoms with Gasteiger partial charge in [0.2, 0.25) is 5.91 Å². The van der Waals surface area contributed by atoms with E-state index in [1.165, 1.54) is 0 Å². The minimum Gasteiger partial charge on any atom is -0.382 e. The van der Waals surface area contributed by atoms with Gasteiger partial charge in [0.15, 0.2) is 0 Å². The lowest BCUT2D eigenvalue weighted by Crippen LogP contribution is -2.42. The fourth-order valence-corrected chi connectivity index (χ4v) is 2.94. The van der Waals surface area contributed by atoms with Crippen LogP contribution >= 0.6 is 0 Å². The highest BCUT2D eigenvalue weighted by Gasteiger charge is 2.23. The molecule has 0 radical (unpaired) electrons. The number of nitrogens with zero attached hydrogens (tertiary/aromatic N) is 2. The zero-order valence-electron chi connectivity index (χ0n) is 14.0. The van der Waals surface area contributed by atoms with Gasteiger partial charge in [-0.05, 0) is 37.8 Å². The van der Waals surface area contributed by atoms with Crippen LogP contribution in [0.15, 0.2) is 18.2 Å². The summed E-state index contributed by atoms with van der Waals surface area (Å²) < 4.78 is 0. The molecule has 1 saturated heterocycles. The van der Waals surface area contributed by atoms with Gasteiger partial charge in [0.1, 0.15) is 0 Å². The first-order valence-electron chi connectivity index (χ1n) is 8.16. The number of piperidine rings is 1. The van der Waals surface area contributed by atoms with Gasteiger partial charge in [-0.2, -0.15) is 0 Å². The Kier molecular flexibility index (Phi) is 5.58. The summed E-state index contributed by atoms with van der Waals surface area (Å²) in [6, 6.07) is 5.41. The molecule has 0 saturated carbocycles. The predicted molar refractivity (Wildman–Crippen MR) is 90.5 cm³/mol. The van der Waals surface area contributed by atoms with Gasteiger partial charge < -0.3 is 10.2 Å². The van der Waals surface area contributed by atoms with Crippen LogP contribution in [0, 0.1) is 23.0 Å². The first-order valence-corrected chi connectivity index (χ1v) is 8.16. The van der Waals surface area contributed by atoms with Crippen LogP contribution in [0.5, 0.6) is 0 Å². The largest absolute Gasteiger partial charge is 0.382 e. The van der Waals surface area contributed by atoms with Gasteiger partial charge in [-0.15, -0.1) is 0 Å². The van der Waals surface area contributed by atoms with Crippen LogP contribution in [-0.2, 0) is 4.79 Å². The van der Waals surface area contributed by atoms with Crippen molar-refractivity contribution in [3.8, 4) is 0 Å². The van der Waals surface area contributed by atoms with Crippen LogP contribution in [0.25, 0.3) is 0 Å². The summed E-state index contributed by atoms with van der Waals surface area (Å²) in [5, 5.41) is 14.3. The Balaban J connectivity index is 1.88. The molecule has 1 amide bonds. The van der Waals surface area contributed by atoms with Crippen LogP contribution in [0.2, 0.25) is 0 Å². The topological polar surface area (TPSA) is 75.5 Å². The molecule has 1 aliphatic heterocycles. The lowest BCUT2D eigenvalue weighted by Gasteiger charge is -2.33. The average molecular weight is 319 g/mol. The summed E-state index contributed by atoms with van der Waals surface area (Å²) in [6.07, 6.45) is 2.42. The maximum absolute atomic E-state index is 12.1. The minimum absolute atomic E-state index is 0.143. The van der Waals surface area contributed by atoms with Crippen molar-refractivity contribution in [1.29, 1.82) is 0 Å². The Morgan fingerprint density at radius 1 is 1.39 bits per heavy atom. The summed E-state index contributed by atoms with van der Waals surface area (Å²) >= 11 is 0. The summed E-state index contributed by atoms with van der Waals surface area (Å²) in [7, 11) is 0. The molecule has 0 aromatic heterocycles. The summed E-state index contributed by atoms with van der Waals surface area (Å²) in [4.78, 5) is 24.5. The smallest absolute Gasteiger partial charge is 0.272 e. The lowest BCUT2D eigenvalue weighted by atomic mass is 10.0. The number of likely N-dealkylation sites (tertiary alicyclic amines) is 1. The Labute approximate surface area is 137 Å². The number of carbonyl (C=O) groups is 1. The number of rotatable bonds is 5. The van der Waals surface area contributed by atoms with Crippen LogP contribution < -0.4 is 5.32 Å². The van der Waals surface area contributed by atoms with Gasteiger partial charge in [-0.3, -0.25) is 14.9 Å². The van der Waals surface area contributed by atoms with Crippen LogP contribution in [0.4, 0.5) is 11.4 Å². The third-order valence-corrected chi connectivity index (χ3v) is 4.19. The van der Waals surface area contributed by atoms with Crippen molar-refractivity contribution in [3.63, 3.8) is 0 Å². The van der Waals surface area contributed by atoms with Crippen LogP contribution in [0.1, 0.15) is 38.7 Å². The van der Waals surface area contributed by atoms with Gasteiger partial charge in [-0.1, -0.05) is 13.8 Å². The fraction of sp³-hybridized carbons (Fsp3) is 0.588. The van der Waals surface area contributed by atoms with E-state index in [0.717, 1.165) is 31.6 Å². The molecule has 0 bridgehead atoms. The number of nitrogens with one attached hydrogen (secondary N) is 1. The highest BCUT2D eigenvalue weighted by atomic mass is 16.6. The van der Waals surface area contributed by atoms with E-state index in [2.05, 4.69) is 19.2 Å². The van der Waals surface area contributed by atoms with Crippen molar-refractivity contribution >= 4 is 17.3 Å². The third kappa shape index (κ3) is 4.68. The highest BCUT2D eigenvalue weighted by molar-refractivity contribution is 5.76. The number of carbonyl (C=O) groups excluding carboxylic acids is 1. The van der Waals surface area contributed by atoms with Gasteiger partial charge in [0.05, 0.1) is 4.92 Å². The van der Waals surface area contributed by atoms with Crippen molar-refractivity contribution in [1.82, 2.24) is 4.90 Å². The Hall–Kier alpha value is -2.11. The van der Waals surface area contributed by atoms with E-state index in [1.807, 2.05) is 11.0 Å². The number of benzene rings is 1. The molecule has 6 heteroatoms. The highest BCUT2D eigenvalue weighted by Crippen LogP contribution is 2.24. The van der Waals surface area contributed by atoms with Crippen LogP contribution in [-0.4, -0.2) is 34.9 Å². The van der Waals surface area contributed by atoms with E-state index in [4.69, 9.17) is 0 Å². The number of amides is 1. The number of nitro benzene ring substituents is 1. The normalized spacial score (nSPS) is 15.7. The van der Waals surface area contributed by atoms with E-state index in [-0.39, 0.29) is 16.5 Å². The quantitative estimate of drug-likeness (QED) is 0.667. The molecule has 0 aliphatic carbocycles. The number of hydrogen-bond donors (Lipinski definition) is 1. The number of aryl methyl sites for hydroxylation is 1. The maximum atomic E-state index is 12.1. The van der Waals surface area contributed by atoms with Gasteiger partial charge in [0, 0.05) is 42.9 Å². The van der Waals surface area contributed by atoms with Crippen LogP contribution in [0.3, 0.4) is 0 Å². The van der Waals surface area contributed by atoms with E-state index in [1.54, 1.807) is 19.1 Å². The molecular weight excluding hydrogens is 294 g/mol. The van der Waals surface area contributed by atoms with E-state index >= 15 is 0 Å². The third-order valence-electron chi connectivity index (χ3n) is 4.19. The van der Waals surface area contributed by atoms with Gasteiger partial charge >= 0.3 is 0 Å². The average Bonchev–Trinajstić information content (AvgIpc) is 2.47. The van der Waals surface area contributed by atoms with Gasteiger partial charge in [-0.25, -0.2) is 0 Å². The monoisotopic (exact) mass is 319 g/mol. The van der Waals surface area contributed by atoms with Crippen molar-refractivity contribution in [2.24, 2.45) is 5.92 Å². The number of anilines is 1. The first kappa shape index (κ1) is 17.2. The molecule has 1 N–H and O–H groups in total. The molecule has 126 valence electrons. The molecule has 0 spiro atoms. The van der Waals surface area contributed by atoms with Gasteiger partial charge in [0.25, 0.3) is 5.69 Å². The Morgan fingerprint density at radius 2 is 2.04 bits per heavy atom. The molecule has 0 unspecified atom stereocenters. The fourth-order valence-electron chi connectivity index (χ4n) is 2.94. The minimum atomic E-state index is -0.363. The number of hydrogen-bond acceptors (Lipinski definition) is 4. The first-order chi connectivity index (χ1) is 10.9. The standard InChI is InChI=1S/C17H25N3O3/c1-12(2)10-17(21)19-8-6-14(7-9-19)18-15-4-5-16(20(22)23)13(3)11-15/h4-5,11-12,14,18H,6-10H2,1-3H3. The van der Waals surface area contributed by atoms with Crippen molar-refractivity contribution in [2.75, 3.05) is 18.4 Å². The number of nitro groups is 1. The second-order valence-corrected chi connectivity index (χ2v) is 6.66. The molecule has 1 aromatic carbocycles. The molecule has 2 rings (SSSR count). The van der Waals surface area contributed by atoms with Crippen molar-refractivity contribution in [2.45, 2.75) is 46.1 Å². The molecule has 1 aliphatic rings. The summed E-state index contributed by atoms with van der Waals surface area (Å²) in [5.74, 6) is 0.631. The Morgan fingerprint density at radius 3 is 2.57 bits per heavy atom. The summed E-state index contributed by atoms with van der Waals surface area (Å²) in [6.45, 7) is 7.41. The van der Waals surface area contributed by atoms with E-state index < -0.39 is 0 Å². The molecule has 0 atom stereocenters. The lowest BCUT2D eigenvalue weighted by molar-refractivity contribution is -0.385. The molecule has 6 nitrogen and oxygen atoms in total. The predicted octanol–water partition coefficient (Wildman–Crippen LogP) is 3.35. The molecular formula is C17H25N3O3. The van der Waals surface area contributed by atoms with Crippen molar-refractivity contribution < 1.29 is 9.72 Å². The second-order valence-electron chi connectivity index (χ2n) is 6.66. The zero-order valence-corrected chi connectivity index (χ0v) is 14.0. The molecule has 1 heterocycles. The second kappa shape index (κ2) is 7.44. The molecule has 1 fully saturated rings.